The van der Waals surface area contributed by atoms with Gasteiger partial charge < -0.3 is 18.8 Å². The van der Waals surface area contributed by atoms with E-state index >= 15 is 0 Å². The zero-order valence-electron chi connectivity index (χ0n) is 18.0. The Morgan fingerprint density at radius 2 is 1.82 bits per heavy atom. The summed E-state index contributed by atoms with van der Waals surface area (Å²) in [6, 6.07) is 0.716. The van der Waals surface area contributed by atoms with E-state index in [1.54, 1.807) is 0 Å². The highest BCUT2D eigenvalue weighted by Gasteiger charge is 2.52. The largest absolute Gasteiger partial charge is 0.498 e. The Kier molecular flexibility index (Phi) is 6.99. The highest BCUT2D eigenvalue weighted by molar-refractivity contribution is 6.63. The summed E-state index contributed by atoms with van der Waals surface area (Å²) in [6.45, 7) is 12.0. The summed E-state index contributed by atoms with van der Waals surface area (Å²) in [5, 5.41) is 0. The molecule has 0 spiro atoms. The molecule has 1 aliphatic heterocycles. The summed E-state index contributed by atoms with van der Waals surface area (Å²) < 4.78 is 24.3. The van der Waals surface area contributed by atoms with Crippen molar-refractivity contribution in [2.45, 2.75) is 78.0 Å². The zero-order valence-corrected chi connectivity index (χ0v) is 18.0. The van der Waals surface area contributed by atoms with Crippen molar-refractivity contribution in [3.05, 3.63) is 22.6 Å². The summed E-state index contributed by atoms with van der Waals surface area (Å²) in [6.07, 6.45) is 3.70. The average molecular weight is 393 g/mol. The van der Waals surface area contributed by atoms with Crippen molar-refractivity contribution in [2.75, 3.05) is 13.7 Å². The van der Waals surface area contributed by atoms with Crippen LogP contribution in [0.2, 0.25) is 0 Å². The van der Waals surface area contributed by atoms with Gasteiger partial charge in [-0.05, 0) is 40.5 Å². The number of hydrogen-bond donors (Lipinski definition) is 0. The molecule has 1 aromatic heterocycles. The molecule has 0 bridgehead atoms. The second-order valence-corrected chi connectivity index (χ2v) is 8.08. The number of pyridine rings is 1. The average Bonchev–Trinajstić information content (AvgIpc) is 2.84. The van der Waals surface area contributed by atoms with E-state index in [1.165, 1.54) is 23.9 Å². The fraction of sp³-hybridized carbons (Fsp3) is 0.700. The molecule has 1 aromatic rings. The lowest BCUT2D eigenvalue weighted by molar-refractivity contribution is -0.148. The number of carbonyl (C=O) groups is 1. The number of aromatic nitrogens is 1. The molecule has 28 heavy (non-hydrogen) atoms. The molecule has 1 fully saturated rings. The molecule has 2 heterocycles. The minimum atomic E-state index is -0.723. The molecule has 7 nitrogen and oxygen atoms in total. The van der Waals surface area contributed by atoms with Crippen LogP contribution in [0.3, 0.4) is 0 Å². The maximum atomic E-state index is 12.8. The zero-order chi connectivity index (χ0) is 21.1. The van der Waals surface area contributed by atoms with E-state index in [2.05, 4.69) is 0 Å². The van der Waals surface area contributed by atoms with Crippen LogP contribution < -0.4 is 15.8 Å². The topological polar surface area (TPSA) is 76.0 Å². The van der Waals surface area contributed by atoms with Gasteiger partial charge in [0.25, 0.3) is 5.56 Å². The summed E-state index contributed by atoms with van der Waals surface area (Å²) in [7, 11) is 0.790. The van der Waals surface area contributed by atoms with Crippen molar-refractivity contribution in [2.24, 2.45) is 0 Å². The number of ether oxygens (including phenoxy) is 2. The van der Waals surface area contributed by atoms with Gasteiger partial charge in [0.05, 0.1) is 24.9 Å². The molecule has 0 aliphatic carbocycles. The molecule has 2 rings (SSSR count). The molecule has 0 aromatic carbocycles. The van der Waals surface area contributed by atoms with Gasteiger partial charge >= 0.3 is 13.1 Å². The van der Waals surface area contributed by atoms with Crippen LogP contribution in [0, 0.1) is 0 Å². The molecule has 1 unspecified atom stereocenters. The van der Waals surface area contributed by atoms with Gasteiger partial charge in [-0.3, -0.25) is 9.36 Å². The SMILES string of the molecule is CCCCOC(=O)C(CC)n1cc(OC)c(B2OC(C)(C)C(C)(C)O2)cc1=O. The molecule has 1 saturated heterocycles. The molecular formula is C20H32BNO6. The van der Waals surface area contributed by atoms with Gasteiger partial charge in [-0.25, -0.2) is 4.79 Å². The van der Waals surface area contributed by atoms with Crippen LogP contribution in [0.4, 0.5) is 0 Å². The fourth-order valence-electron chi connectivity index (χ4n) is 3.00. The Labute approximate surface area is 167 Å². The van der Waals surface area contributed by atoms with Gasteiger partial charge in [0, 0.05) is 17.7 Å². The molecule has 1 aliphatic rings. The van der Waals surface area contributed by atoms with Gasteiger partial charge in [0.1, 0.15) is 11.8 Å². The van der Waals surface area contributed by atoms with Crippen LogP contribution in [-0.4, -0.2) is 42.6 Å². The van der Waals surface area contributed by atoms with E-state index in [-0.39, 0.29) is 5.56 Å². The number of rotatable bonds is 8. The quantitative estimate of drug-likeness (QED) is 0.384. The molecule has 0 N–H and O–H groups in total. The molecular weight excluding hydrogens is 361 g/mol. The van der Waals surface area contributed by atoms with E-state index in [4.69, 9.17) is 18.8 Å². The minimum Gasteiger partial charge on any atom is -0.496 e. The Morgan fingerprint density at radius 1 is 1.21 bits per heavy atom. The van der Waals surface area contributed by atoms with Crippen LogP contribution >= 0.6 is 0 Å². The fourth-order valence-corrected chi connectivity index (χ4v) is 3.00. The van der Waals surface area contributed by atoms with Crippen LogP contribution in [-0.2, 0) is 18.8 Å². The molecule has 0 saturated carbocycles. The van der Waals surface area contributed by atoms with Gasteiger partial charge in [-0.15, -0.1) is 0 Å². The highest BCUT2D eigenvalue weighted by atomic mass is 16.7. The third kappa shape index (κ3) is 4.44. The second kappa shape index (κ2) is 8.70. The van der Waals surface area contributed by atoms with E-state index in [1.807, 2.05) is 41.5 Å². The van der Waals surface area contributed by atoms with Gasteiger partial charge in [-0.2, -0.15) is 0 Å². The van der Waals surface area contributed by atoms with Crippen molar-refractivity contribution in [3.8, 4) is 5.75 Å². The van der Waals surface area contributed by atoms with Crippen molar-refractivity contribution < 1.29 is 23.6 Å². The van der Waals surface area contributed by atoms with Crippen molar-refractivity contribution in [1.82, 2.24) is 4.57 Å². The van der Waals surface area contributed by atoms with E-state index in [9.17, 15) is 9.59 Å². The summed E-state index contributed by atoms with van der Waals surface area (Å²) >= 11 is 0. The summed E-state index contributed by atoms with van der Waals surface area (Å²) in [5.41, 5.74) is -0.888. The number of methoxy groups -OCH3 is 1. The third-order valence-electron chi connectivity index (χ3n) is 5.54. The number of esters is 1. The molecule has 8 heteroatoms. The standard InChI is InChI=1S/C20H32BNO6/c1-8-10-11-26-18(24)15(9-2)22-13-16(25-7)14(12-17(22)23)21-27-19(3,4)20(5,6)28-21/h12-13,15H,8-11H2,1-7H3. The van der Waals surface area contributed by atoms with Crippen molar-refractivity contribution >= 4 is 18.6 Å². The predicted octanol–water partition coefficient (Wildman–Crippen LogP) is 2.45. The maximum absolute atomic E-state index is 12.8. The Bertz CT molecular complexity index is 742. The monoisotopic (exact) mass is 393 g/mol. The van der Waals surface area contributed by atoms with Gasteiger partial charge in [0.2, 0.25) is 0 Å². The lowest BCUT2D eigenvalue weighted by Gasteiger charge is -2.32. The summed E-state index contributed by atoms with van der Waals surface area (Å²) in [5.74, 6) is 0.0152. The molecule has 156 valence electrons. The number of hydrogen-bond acceptors (Lipinski definition) is 6. The smallest absolute Gasteiger partial charge is 0.496 e. The minimum absolute atomic E-state index is 0.329. The number of carbonyl (C=O) groups excluding carboxylic acids is 1. The third-order valence-corrected chi connectivity index (χ3v) is 5.54. The number of nitrogens with zero attached hydrogens (tertiary/aromatic N) is 1. The lowest BCUT2D eigenvalue weighted by Crippen LogP contribution is -2.41. The van der Waals surface area contributed by atoms with Gasteiger partial charge in [0.15, 0.2) is 0 Å². The van der Waals surface area contributed by atoms with Crippen molar-refractivity contribution in [1.29, 1.82) is 0 Å². The maximum Gasteiger partial charge on any atom is 0.498 e. The Balaban J connectivity index is 2.35. The van der Waals surface area contributed by atoms with E-state index in [0.717, 1.165) is 12.8 Å². The summed E-state index contributed by atoms with van der Waals surface area (Å²) in [4.78, 5) is 25.3. The Morgan fingerprint density at radius 3 is 2.32 bits per heavy atom. The lowest BCUT2D eigenvalue weighted by atomic mass is 9.79. The molecule has 0 amide bonds. The van der Waals surface area contributed by atoms with Crippen LogP contribution in [0.5, 0.6) is 5.75 Å². The van der Waals surface area contributed by atoms with Crippen LogP contribution in [0.25, 0.3) is 0 Å². The normalized spacial score (nSPS) is 18.8. The van der Waals surface area contributed by atoms with Gasteiger partial charge in [-0.1, -0.05) is 20.3 Å². The first-order valence-corrected chi connectivity index (χ1v) is 9.90. The van der Waals surface area contributed by atoms with E-state index in [0.29, 0.717) is 24.2 Å². The predicted molar refractivity (Wildman–Crippen MR) is 108 cm³/mol. The first-order valence-electron chi connectivity index (χ1n) is 9.90. The Hall–Kier alpha value is -1.80. The molecule has 0 radical (unpaired) electrons. The van der Waals surface area contributed by atoms with Crippen LogP contribution in [0.1, 0.15) is 66.8 Å². The van der Waals surface area contributed by atoms with Crippen molar-refractivity contribution in [3.63, 3.8) is 0 Å². The van der Waals surface area contributed by atoms with E-state index < -0.39 is 30.3 Å². The first kappa shape index (κ1) is 22.5. The van der Waals surface area contributed by atoms with Crippen LogP contribution in [0.15, 0.2) is 17.1 Å². The number of unbranched alkanes of at least 4 members (excludes halogenated alkanes) is 1. The second-order valence-electron chi connectivity index (χ2n) is 8.08. The highest BCUT2D eigenvalue weighted by Crippen LogP contribution is 2.37. The molecule has 1 atom stereocenters. The first-order chi connectivity index (χ1) is 13.1.